The van der Waals surface area contributed by atoms with Gasteiger partial charge in [-0.1, -0.05) is 6.07 Å². The number of carbonyl (C=O) groups excluding carboxylic acids is 2. The first-order valence-electron chi connectivity index (χ1n) is 7.61. The van der Waals surface area contributed by atoms with Crippen LogP contribution in [0.25, 0.3) is 0 Å². The molecule has 2 aromatic rings. The summed E-state index contributed by atoms with van der Waals surface area (Å²) in [5.41, 5.74) is 3.05. The molecule has 0 bridgehead atoms. The summed E-state index contributed by atoms with van der Waals surface area (Å²) in [5.74, 6) is -0.455. The Morgan fingerprint density at radius 3 is 2.65 bits per heavy atom. The SMILES string of the molecule is COc1ccc(C=NNC(=O)CNC(=O)c2cccc(F)c2)c(OC)c1. The molecule has 0 atom stereocenters. The second kappa shape index (κ2) is 9.16. The highest BCUT2D eigenvalue weighted by atomic mass is 19.1. The Bertz CT molecular complexity index is 824. The lowest BCUT2D eigenvalue weighted by atomic mass is 10.2. The number of methoxy groups -OCH3 is 2. The Balaban J connectivity index is 1.87. The molecule has 8 heteroatoms. The van der Waals surface area contributed by atoms with Crippen molar-refractivity contribution in [2.45, 2.75) is 0 Å². The zero-order valence-electron chi connectivity index (χ0n) is 14.3. The molecule has 0 spiro atoms. The van der Waals surface area contributed by atoms with E-state index in [-0.39, 0.29) is 12.1 Å². The van der Waals surface area contributed by atoms with Gasteiger partial charge in [0.25, 0.3) is 11.8 Å². The first-order chi connectivity index (χ1) is 12.5. The highest BCUT2D eigenvalue weighted by Crippen LogP contribution is 2.22. The van der Waals surface area contributed by atoms with Crippen LogP contribution in [0.4, 0.5) is 4.39 Å². The monoisotopic (exact) mass is 359 g/mol. The summed E-state index contributed by atoms with van der Waals surface area (Å²) in [7, 11) is 3.05. The predicted octanol–water partition coefficient (Wildman–Crippen LogP) is 1.72. The number of amides is 2. The van der Waals surface area contributed by atoms with Crippen LogP contribution in [0.2, 0.25) is 0 Å². The number of rotatable bonds is 7. The molecule has 0 unspecified atom stereocenters. The van der Waals surface area contributed by atoms with E-state index >= 15 is 0 Å². The number of carbonyl (C=O) groups is 2. The normalized spacial score (nSPS) is 10.4. The maximum atomic E-state index is 13.1. The summed E-state index contributed by atoms with van der Waals surface area (Å²) in [6, 6.07) is 10.3. The average Bonchev–Trinajstić information content (AvgIpc) is 2.66. The van der Waals surface area contributed by atoms with E-state index in [1.165, 1.54) is 31.5 Å². The van der Waals surface area contributed by atoms with Crippen LogP contribution in [-0.4, -0.2) is 38.8 Å². The van der Waals surface area contributed by atoms with Crippen LogP contribution in [0.1, 0.15) is 15.9 Å². The van der Waals surface area contributed by atoms with Crippen LogP contribution >= 0.6 is 0 Å². The molecule has 0 saturated heterocycles. The number of benzene rings is 2. The minimum absolute atomic E-state index is 0.129. The lowest BCUT2D eigenvalue weighted by Gasteiger charge is -2.07. The summed E-state index contributed by atoms with van der Waals surface area (Å²) in [6.45, 7) is -0.299. The maximum absolute atomic E-state index is 13.1. The number of halogens is 1. The molecule has 0 saturated carbocycles. The van der Waals surface area contributed by atoms with Crippen molar-refractivity contribution in [3.05, 3.63) is 59.4 Å². The lowest BCUT2D eigenvalue weighted by molar-refractivity contribution is -0.120. The second-order valence-corrected chi connectivity index (χ2v) is 5.09. The molecule has 2 amide bonds. The van der Waals surface area contributed by atoms with Crippen molar-refractivity contribution in [1.29, 1.82) is 0 Å². The van der Waals surface area contributed by atoms with Gasteiger partial charge in [0.15, 0.2) is 0 Å². The molecule has 0 fully saturated rings. The van der Waals surface area contributed by atoms with Gasteiger partial charge in [0.2, 0.25) is 0 Å². The largest absolute Gasteiger partial charge is 0.497 e. The van der Waals surface area contributed by atoms with Gasteiger partial charge in [-0.3, -0.25) is 9.59 Å². The Hall–Kier alpha value is -3.42. The number of hydrogen-bond donors (Lipinski definition) is 2. The van der Waals surface area contributed by atoms with E-state index in [1.807, 2.05) is 0 Å². The van der Waals surface area contributed by atoms with Crippen molar-refractivity contribution in [1.82, 2.24) is 10.7 Å². The van der Waals surface area contributed by atoms with Gasteiger partial charge in [-0.05, 0) is 30.3 Å². The minimum Gasteiger partial charge on any atom is -0.497 e. The fourth-order valence-electron chi connectivity index (χ4n) is 2.03. The third-order valence-corrected chi connectivity index (χ3v) is 3.33. The lowest BCUT2D eigenvalue weighted by Crippen LogP contribution is -2.34. The Kier molecular flexibility index (Phi) is 6.67. The topological polar surface area (TPSA) is 89.0 Å². The van der Waals surface area contributed by atoms with Crippen LogP contribution in [0.15, 0.2) is 47.6 Å². The van der Waals surface area contributed by atoms with Gasteiger partial charge in [0, 0.05) is 17.2 Å². The van der Waals surface area contributed by atoms with Gasteiger partial charge in [0.05, 0.1) is 27.0 Å². The first kappa shape index (κ1) is 18.9. The Morgan fingerprint density at radius 2 is 1.96 bits per heavy atom. The molecule has 2 rings (SSSR count). The van der Waals surface area contributed by atoms with Gasteiger partial charge in [0.1, 0.15) is 17.3 Å². The van der Waals surface area contributed by atoms with Crippen molar-refractivity contribution in [3.8, 4) is 11.5 Å². The number of nitrogens with zero attached hydrogens (tertiary/aromatic N) is 1. The van der Waals surface area contributed by atoms with E-state index < -0.39 is 17.6 Å². The second-order valence-electron chi connectivity index (χ2n) is 5.09. The zero-order chi connectivity index (χ0) is 18.9. The average molecular weight is 359 g/mol. The number of ether oxygens (including phenoxy) is 2. The molecule has 0 aliphatic heterocycles. The Labute approximate surface area is 149 Å². The summed E-state index contributed by atoms with van der Waals surface area (Å²) in [5, 5.41) is 6.19. The fourth-order valence-corrected chi connectivity index (χ4v) is 2.03. The molecule has 0 aliphatic carbocycles. The quantitative estimate of drug-likeness (QED) is 0.582. The molecule has 0 heterocycles. The number of hydrogen-bond acceptors (Lipinski definition) is 5. The third kappa shape index (κ3) is 5.30. The highest BCUT2D eigenvalue weighted by Gasteiger charge is 2.08. The Morgan fingerprint density at radius 1 is 1.15 bits per heavy atom. The molecule has 136 valence electrons. The van der Waals surface area contributed by atoms with Crippen molar-refractivity contribution >= 4 is 18.0 Å². The molecule has 7 nitrogen and oxygen atoms in total. The molecule has 0 radical (unpaired) electrons. The molecule has 0 aliphatic rings. The number of nitrogens with one attached hydrogen (secondary N) is 2. The standard InChI is InChI=1S/C18H18FN3O4/c1-25-15-7-6-13(16(9-15)26-2)10-21-22-17(23)11-20-18(24)12-4-3-5-14(19)8-12/h3-10H,11H2,1-2H3,(H,20,24)(H,22,23). The molecule has 2 aromatic carbocycles. The smallest absolute Gasteiger partial charge is 0.259 e. The van der Waals surface area contributed by atoms with Crippen molar-refractivity contribution in [2.24, 2.45) is 5.10 Å². The minimum atomic E-state index is -0.555. The van der Waals surface area contributed by atoms with Crippen LogP contribution in [0.3, 0.4) is 0 Å². The van der Waals surface area contributed by atoms with Crippen LogP contribution < -0.4 is 20.2 Å². The van der Waals surface area contributed by atoms with E-state index in [9.17, 15) is 14.0 Å². The van der Waals surface area contributed by atoms with Crippen LogP contribution in [0.5, 0.6) is 11.5 Å². The molecule has 2 N–H and O–H groups in total. The van der Waals surface area contributed by atoms with E-state index in [1.54, 1.807) is 25.3 Å². The summed E-state index contributed by atoms with van der Waals surface area (Å²) < 4.78 is 23.4. The van der Waals surface area contributed by atoms with E-state index in [0.717, 1.165) is 6.07 Å². The van der Waals surface area contributed by atoms with Gasteiger partial charge >= 0.3 is 0 Å². The fraction of sp³-hybridized carbons (Fsp3) is 0.167. The highest BCUT2D eigenvalue weighted by molar-refractivity contribution is 5.96. The van der Waals surface area contributed by atoms with E-state index in [0.29, 0.717) is 17.1 Å². The molecule has 26 heavy (non-hydrogen) atoms. The van der Waals surface area contributed by atoms with Crippen molar-refractivity contribution in [2.75, 3.05) is 20.8 Å². The third-order valence-electron chi connectivity index (χ3n) is 3.33. The zero-order valence-corrected chi connectivity index (χ0v) is 14.3. The van der Waals surface area contributed by atoms with Gasteiger partial charge in [-0.2, -0.15) is 5.10 Å². The summed E-state index contributed by atoms with van der Waals surface area (Å²) in [6.07, 6.45) is 1.41. The molecular formula is C18H18FN3O4. The summed E-state index contributed by atoms with van der Waals surface area (Å²) >= 11 is 0. The van der Waals surface area contributed by atoms with E-state index in [4.69, 9.17) is 9.47 Å². The van der Waals surface area contributed by atoms with Gasteiger partial charge < -0.3 is 14.8 Å². The van der Waals surface area contributed by atoms with Crippen molar-refractivity contribution < 1.29 is 23.5 Å². The maximum Gasteiger partial charge on any atom is 0.259 e. The first-order valence-corrected chi connectivity index (χ1v) is 7.61. The van der Waals surface area contributed by atoms with Crippen molar-refractivity contribution in [3.63, 3.8) is 0 Å². The van der Waals surface area contributed by atoms with Crippen LogP contribution in [-0.2, 0) is 4.79 Å². The van der Waals surface area contributed by atoms with Crippen LogP contribution in [0, 0.1) is 5.82 Å². The van der Waals surface area contributed by atoms with E-state index in [2.05, 4.69) is 15.8 Å². The van der Waals surface area contributed by atoms with Gasteiger partial charge in [-0.25, -0.2) is 9.82 Å². The molecule has 0 aromatic heterocycles. The van der Waals surface area contributed by atoms with Gasteiger partial charge in [-0.15, -0.1) is 0 Å². The number of hydrazone groups is 1. The predicted molar refractivity (Wildman–Crippen MR) is 94.0 cm³/mol. The summed E-state index contributed by atoms with van der Waals surface area (Å²) in [4.78, 5) is 23.5. The molecular weight excluding hydrogens is 341 g/mol.